The predicted octanol–water partition coefficient (Wildman–Crippen LogP) is 5.03. The topological polar surface area (TPSA) is 20.2 Å². The molecule has 0 spiro atoms. The van der Waals surface area contributed by atoms with E-state index in [-0.39, 0.29) is 0 Å². The smallest absolute Gasteiger partial charge is 0.129 e. The molecule has 19 heavy (non-hydrogen) atoms. The van der Waals surface area contributed by atoms with E-state index in [9.17, 15) is 5.11 Å². The first-order valence-electron chi connectivity index (χ1n) is 6.78. The second-order valence-electron chi connectivity index (χ2n) is 4.68. The van der Waals surface area contributed by atoms with Crippen LogP contribution >= 0.6 is 11.8 Å². The Labute approximate surface area is 119 Å². The Morgan fingerprint density at radius 1 is 0.947 bits per heavy atom. The second kappa shape index (κ2) is 7.25. The maximum atomic E-state index is 9.71. The fraction of sp³-hybridized carbons (Fsp3) is 0.294. The van der Waals surface area contributed by atoms with Gasteiger partial charge in [-0.1, -0.05) is 49.7 Å². The number of aryl methyl sites for hydroxylation is 1. The lowest BCUT2D eigenvalue weighted by Gasteiger charge is -2.05. The summed E-state index contributed by atoms with van der Waals surface area (Å²) < 4.78 is 0. The molecule has 0 amide bonds. The fourth-order valence-electron chi connectivity index (χ4n) is 1.92. The predicted molar refractivity (Wildman–Crippen MR) is 82.7 cm³/mol. The van der Waals surface area contributed by atoms with Crippen LogP contribution in [-0.4, -0.2) is 5.11 Å². The lowest BCUT2D eigenvalue weighted by atomic mass is 10.1. The van der Waals surface area contributed by atoms with E-state index in [1.54, 1.807) is 17.8 Å². The van der Waals surface area contributed by atoms with Gasteiger partial charge in [0.05, 0.1) is 0 Å². The highest BCUT2D eigenvalue weighted by molar-refractivity contribution is 7.98. The zero-order chi connectivity index (χ0) is 13.5. The maximum absolute atomic E-state index is 9.71. The summed E-state index contributed by atoms with van der Waals surface area (Å²) in [7, 11) is 0. The minimum absolute atomic E-state index is 0.368. The number of phenols is 1. The molecule has 0 saturated heterocycles. The van der Waals surface area contributed by atoms with E-state index in [1.807, 2.05) is 18.2 Å². The summed E-state index contributed by atoms with van der Waals surface area (Å²) in [5.74, 6) is 1.26. The monoisotopic (exact) mass is 272 g/mol. The van der Waals surface area contributed by atoms with Gasteiger partial charge < -0.3 is 5.11 Å². The number of unbranched alkanes of at least 4 members (excludes halogenated alkanes) is 1. The highest BCUT2D eigenvalue weighted by Gasteiger charge is 2.01. The lowest BCUT2D eigenvalue weighted by Crippen LogP contribution is -1.86. The van der Waals surface area contributed by atoms with Crippen molar-refractivity contribution in [3.05, 3.63) is 59.7 Å². The van der Waals surface area contributed by atoms with Crippen LogP contribution in [0.4, 0.5) is 0 Å². The molecular formula is C17H20OS. The molecule has 0 bridgehead atoms. The van der Waals surface area contributed by atoms with E-state index in [1.165, 1.54) is 30.4 Å². The molecule has 0 heterocycles. The summed E-state index contributed by atoms with van der Waals surface area (Å²) in [6, 6.07) is 16.3. The molecule has 2 aromatic rings. The van der Waals surface area contributed by atoms with Crippen LogP contribution in [0.25, 0.3) is 0 Å². The highest BCUT2D eigenvalue weighted by atomic mass is 32.2. The molecular weight excluding hydrogens is 252 g/mol. The Bertz CT molecular complexity index is 505. The number of para-hydroxylation sites is 1. The molecule has 0 radical (unpaired) electrons. The SMILES string of the molecule is CCCCc1ccc(CSc2ccccc2O)cc1. The van der Waals surface area contributed by atoms with Crippen molar-refractivity contribution in [3.63, 3.8) is 0 Å². The van der Waals surface area contributed by atoms with Crippen LogP contribution in [0.3, 0.4) is 0 Å². The summed E-state index contributed by atoms with van der Waals surface area (Å²) in [6.07, 6.45) is 3.67. The zero-order valence-corrected chi connectivity index (χ0v) is 12.1. The van der Waals surface area contributed by atoms with Crippen LogP contribution < -0.4 is 0 Å². The van der Waals surface area contributed by atoms with Gasteiger partial charge in [-0.25, -0.2) is 0 Å². The third kappa shape index (κ3) is 4.32. The van der Waals surface area contributed by atoms with Crippen LogP contribution in [0.5, 0.6) is 5.75 Å². The maximum Gasteiger partial charge on any atom is 0.129 e. The van der Waals surface area contributed by atoms with Gasteiger partial charge in [-0.3, -0.25) is 0 Å². The quantitative estimate of drug-likeness (QED) is 0.744. The summed E-state index contributed by atoms with van der Waals surface area (Å²) in [6.45, 7) is 2.22. The molecule has 0 fully saturated rings. The molecule has 0 aromatic heterocycles. The van der Waals surface area contributed by atoms with Gasteiger partial charge in [0.2, 0.25) is 0 Å². The van der Waals surface area contributed by atoms with Crippen molar-refractivity contribution in [1.29, 1.82) is 0 Å². The third-order valence-corrected chi connectivity index (χ3v) is 4.24. The average molecular weight is 272 g/mol. The molecule has 0 saturated carbocycles. The Hall–Kier alpha value is -1.41. The standard InChI is InChI=1S/C17H20OS/c1-2-3-6-14-9-11-15(12-10-14)13-19-17-8-5-4-7-16(17)18/h4-5,7-12,18H,2-3,6,13H2,1H3. The highest BCUT2D eigenvalue weighted by Crippen LogP contribution is 2.30. The largest absolute Gasteiger partial charge is 0.507 e. The van der Waals surface area contributed by atoms with Crippen molar-refractivity contribution in [2.24, 2.45) is 0 Å². The van der Waals surface area contributed by atoms with Crippen molar-refractivity contribution in [2.75, 3.05) is 0 Å². The Morgan fingerprint density at radius 2 is 1.63 bits per heavy atom. The molecule has 2 heteroatoms. The normalized spacial score (nSPS) is 10.6. The number of thioether (sulfide) groups is 1. The van der Waals surface area contributed by atoms with E-state index in [0.717, 1.165) is 10.6 Å². The lowest BCUT2D eigenvalue weighted by molar-refractivity contribution is 0.462. The summed E-state index contributed by atoms with van der Waals surface area (Å²) in [5, 5.41) is 9.71. The first-order valence-corrected chi connectivity index (χ1v) is 7.76. The number of benzene rings is 2. The molecule has 1 nitrogen and oxygen atoms in total. The molecule has 0 aliphatic carbocycles. The number of aromatic hydroxyl groups is 1. The molecule has 2 rings (SSSR count). The minimum atomic E-state index is 0.368. The van der Waals surface area contributed by atoms with Gasteiger partial charge in [-0.15, -0.1) is 11.8 Å². The van der Waals surface area contributed by atoms with Crippen molar-refractivity contribution >= 4 is 11.8 Å². The van der Waals surface area contributed by atoms with E-state index in [0.29, 0.717) is 5.75 Å². The molecule has 0 unspecified atom stereocenters. The van der Waals surface area contributed by atoms with Gasteiger partial charge in [0.25, 0.3) is 0 Å². The second-order valence-corrected chi connectivity index (χ2v) is 5.69. The molecule has 0 atom stereocenters. The number of rotatable bonds is 6. The molecule has 0 aliphatic rings. The number of hydrogen-bond acceptors (Lipinski definition) is 2. The Morgan fingerprint density at radius 3 is 2.32 bits per heavy atom. The van der Waals surface area contributed by atoms with Crippen molar-refractivity contribution < 1.29 is 5.11 Å². The van der Waals surface area contributed by atoms with Crippen LogP contribution in [0.15, 0.2) is 53.4 Å². The van der Waals surface area contributed by atoms with E-state index >= 15 is 0 Å². The number of hydrogen-bond donors (Lipinski definition) is 1. The Kier molecular flexibility index (Phi) is 5.34. The summed E-state index contributed by atoms with van der Waals surface area (Å²) >= 11 is 1.67. The van der Waals surface area contributed by atoms with Crippen LogP contribution in [0.1, 0.15) is 30.9 Å². The zero-order valence-electron chi connectivity index (χ0n) is 11.3. The van der Waals surface area contributed by atoms with Gasteiger partial charge in [0, 0.05) is 10.6 Å². The Balaban J connectivity index is 1.91. The number of phenolic OH excluding ortho intramolecular Hbond substituents is 1. The molecule has 2 aromatic carbocycles. The molecule has 100 valence electrons. The van der Waals surface area contributed by atoms with Gasteiger partial charge in [-0.2, -0.15) is 0 Å². The third-order valence-electron chi connectivity index (χ3n) is 3.10. The van der Waals surface area contributed by atoms with Crippen molar-refractivity contribution in [2.45, 2.75) is 36.8 Å². The van der Waals surface area contributed by atoms with Crippen molar-refractivity contribution in [3.8, 4) is 5.75 Å². The summed E-state index contributed by atoms with van der Waals surface area (Å²) in [4.78, 5) is 0.942. The van der Waals surface area contributed by atoms with Gasteiger partial charge >= 0.3 is 0 Å². The fourth-order valence-corrected chi connectivity index (χ4v) is 2.83. The van der Waals surface area contributed by atoms with Crippen LogP contribution in [0, 0.1) is 0 Å². The molecule has 1 N–H and O–H groups in total. The summed E-state index contributed by atoms with van der Waals surface area (Å²) in [5.41, 5.74) is 2.71. The minimum Gasteiger partial charge on any atom is -0.507 e. The van der Waals surface area contributed by atoms with E-state index in [4.69, 9.17) is 0 Å². The van der Waals surface area contributed by atoms with Crippen LogP contribution in [-0.2, 0) is 12.2 Å². The first-order chi connectivity index (χ1) is 9.29. The van der Waals surface area contributed by atoms with Crippen LogP contribution in [0.2, 0.25) is 0 Å². The van der Waals surface area contributed by atoms with Gasteiger partial charge in [0.1, 0.15) is 5.75 Å². The first kappa shape index (κ1) is 14.0. The average Bonchev–Trinajstić information content (AvgIpc) is 2.45. The van der Waals surface area contributed by atoms with Crippen molar-refractivity contribution in [1.82, 2.24) is 0 Å². The van der Waals surface area contributed by atoms with Gasteiger partial charge in [-0.05, 0) is 36.1 Å². The van der Waals surface area contributed by atoms with E-state index in [2.05, 4.69) is 31.2 Å². The van der Waals surface area contributed by atoms with Gasteiger partial charge in [0.15, 0.2) is 0 Å². The van der Waals surface area contributed by atoms with E-state index < -0.39 is 0 Å². The molecule has 0 aliphatic heterocycles.